The Balaban J connectivity index is 3.39. The first kappa shape index (κ1) is 11.2. The highest BCUT2D eigenvalue weighted by atomic mass is 79.9. The van der Waals surface area contributed by atoms with Crippen LogP contribution in [0.1, 0.15) is 26.5 Å². The fraction of sp³-hybridized carbons (Fsp3) is 0.625. The maximum Gasteiger partial charge on any atom is 0.324 e. The van der Waals surface area contributed by atoms with Crippen molar-refractivity contribution in [1.29, 1.82) is 0 Å². The van der Waals surface area contributed by atoms with Gasteiger partial charge < -0.3 is 0 Å². The Kier molecular flexibility index (Phi) is 2.67. The van der Waals surface area contributed by atoms with Crippen LogP contribution in [0, 0.1) is 17.0 Å². The summed E-state index contributed by atoms with van der Waals surface area (Å²) in [6.45, 7) is 7.54. The van der Waals surface area contributed by atoms with Crippen molar-refractivity contribution >= 4 is 21.6 Å². The molecule has 0 radical (unpaired) electrons. The summed E-state index contributed by atoms with van der Waals surface area (Å²) >= 11 is 3.09. The van der Waals surface area contributed by atoms with E-state index >= 15 is 0 Å². The zero-order chi connectivity index (χ0) is 11.1. The molecule has 5 nitrogen and oxygen atoms in total. The average molecular weight is 262 g/mol. The minimum absolute atomic E-state index is 0.0416. The minimum atomic E-state index is -0.422. The van der Waals surface area contributed by atoms with Crippen LogP contribution in [0.25, 0.3) is 0 Å². The summed E-state index contributed by atoms with van der Waals surface area (Å²) in [5.74, 6) is 0. The average Bonchev–Trinajstić information content (AvgIpc) is 2.24. The predicted molar refractivity (Wildman–Crippen MR) is 56.3 cm³/mol. The van der Waals surface area contributed by atoms with Gasteiger partial charge in [0.05, 0.1) is 10.5 Å². The molecule has 0 spiro atoms. The molecule has 0 aliphatic carbocycles. The van der Waals surface area contributed by atoms with E-state index in [0.29, 0.717) is 5.69 Å². The molecule has 1 aromatic rings. The highest BCUT2D eigenvalue weighted by Crippen LogP contribution is 2.30. The van der Waals surface area contributed by atoms with Gasteiger partial charge in [-0.1, -0.05) is 0 Å². The van der Waals surface area contributed by atoms with E-state index in [1.54, 1.807) is 11.6 Å². The second-order valence-corrected chi connectivity index (χ2v) is 4.82. The normalized spacial score (nSPS) is 11.8. The van der Waals surface area contributed by atoms with Gasteiger partial charge >= 0.3 is 5.69 Å². The number of hydrogen-bond acceptors (Lipinski definition) is 3. The molecule has 0 aliphatic rings. The lowest BCUT2D eigenvalue weighted by molar-refractivity contribution is -0.386. The number of rotatable bonds is 1. The Bertz CT molecular complexity index is 379. The SMILES string of the molecule is Cc1c([N+](=O)[O-])c(Br)nn1C(C)(C)C. The Morgan fingerprint density at radius 1 is 1.50 bits per heavy atom. The third kappa shape index (κ3) is 1.79. The summed E-state index contributed by atoms with van der Waals surface area (Å²) in [7, 11) is 0. The molecule has 0 atom stereocenters. The predicted octanol–water partition coefficient (Wildman–Crippen LogP) is 2.62. The maximum absolute atomic E-state index is 10.7. The van der Waals surface area contributed by atoms with E-state index in [1.165, 1.54) is 0 Å². The van der Waals surface area contributed by atoms with Crippen LogP contribution in [-0.4, -0.2) is 14.7 Å². The number of nitrogens with zero attached hydrogens (tertiary/aromatic N) is 3. The van der Waals surface area contributed by atoms with Crippen LogP contribution in [0.3, 0.4) is 0 Å². The van der Waals surface area contributed by atoms with E-state index in [9.17, 15) is 10.1 Å². The van der Waals surface area contributed by atoms with Gasteiger partial charge in [0.15, 0.2) is 0 Å². The quantitative estimate of drug-likeness (QED) is 0.577. The maximum atomic E-state index is 10.7. The molecule has 14 heavy (non-hydrogen) atoms. The molecule has 0 N–H and O–H groups in total. The van der Waals surface area contributed by atoms with Gasteiger partial charge in [-0.25, -0.2) is 0 Å². The van der Waals surface area contributed by atoms with Crippen molar-refractivity contribution in [2.75, 3.05) is 0 Å². The summed E-state index contributed by atoms with van der Waals surface area (Å²) in [6, 6.07) is 0. The largest absolute Gasteiger partial charge is 0.324 e. The standard InChI is InChI=1S/C8H12BrN3O2/c1-5-6(12(13)14)7(9)10-11(5)8(2,3)4/h1-4H3. The topological polar surface area (TPSA) is 61.0 Å². The first-order valence-corrected chi connectivity index (χ1v) is 4.94. The van der Waals surface area contributed by atoms with Crippen molar-refractivity contribution in [3.8, 4) is 0 Å². The molecule has 1 rings (SSSR count). The van der Waals surface area contributed by atoms with Crippen LogP contribution in [-0.2, 0) is 5.54 Å². The Hall–Kier alpha value is -0.910. The van der Waals surface area contributed by atoms with Crippen LogP contribution in [0.5, 0.6) is 0 Å². The molecule has 0 saturated heterocycles. The summed E-state index contributed by atoms with van der Waals surface area (Å²) in [5.41, 5.74) is 0.357. The first-order chi connectivity index (χ1) is 6.25. The Labute approximate surface area is 90.4 Å². The fourth-order valence-corrected chi connectivity index (χ4v) is 1.91. The minimum Gasteiger partial charge on any atom is -0.258 e. The molecule has 0 amide bonds. The van der Waals surface area contributed by atoms with Gasteiger partial charge in [0.1, 0.15) is 5.69 Å². The number of halogens is 1. The molecule has 6 heteroatoms. The number of nitro groups is 1. The fourth-order valence-electron chi connectivity index (χ4n) is 1.32. The zero-order valence-electron chi connectivity index (χ0n) is 8.54. The zero-order valence-corrected chi connectivity index (χ0v) is 10.1. The van der Waals surface area contributed by atoms with Crippen molar-refractivity contribution in [3.05, 3.63) is 20.4 Å². The van der Waals surface area contributed by atoms with Gasteiger partial charge in [-0.3, -0.25) is 14.8 Å². The molecular weight excluding hydrogens is 250 g/mol. The molecule has 0 aromatic carbocycles. The monoisotopic (exact) mass is 261 g/mol. The summed E-state index contributed by atoms with van der Waals surface area (Å²) in [4.78, 5) is 10.3. The molecule has 0 bridgehead atoms. The molecule has 0 unspecified atom stereocenters. The molecule has 1 heterocycles. The Morgan fingerprint density at radius 2 is 2.00 bits per heavy atom. The van der Waals surface area contributed by atoms with Crippen LogP contribution in [0.2, 0.25) is 0 Å². The van der Waals surface area contributed by atoms with Crippen LogP contribution < -0.4 is 0 Å². The molecular formula is C8H12BrN3O2. The van der Waals surface area contributed by atoms with E-state index in [1.807, 2.05) is 20.8 Å². The van der Waals surface area contributed by atoms with Crippen LogP contribution in [0.4, 0.5) is 5.69 Å². The summed E-state index contributed by atoms with van der Waals surface area (Å²) in [5, 5.41) is 14.8. The summed E-state index contributed by atoms with van der Waals surface area (Å²) in [6.07, 6.45) is 0. The van der Waals surface area contributed by atoms with Gasteiger partial charge in [-0.2, -0.15) is 5.10 Å². The van der Waals surface area contributed by atoms with E-state index in [4.69, 9.17) is 0 Å². The van der Waals surface area contributed by atoms with Gasteiger partial charge in [-0.05, 0) is 43.6 Å². The van der Waals surface area contributed by atoms with E-state index in [2.05, 4.69) is 21.0 Å². The lowest BCUT2D eigenvalue weighted by Crippen LogP contribution is -2.24. The number of aromatic nitrogens is 2. The molecule has 1 aromatic heterocycles. The lowest BCUT2D eigenvalue weighted by Gasteiger charge is -2.20. The van der Waals surface area contributed by atoms with Crippen LogP contribution in [0.15, 0.2) is 4.60 Å². The van der Waals surface area contributed by atoms with Crippen molar-refractivity contribution < 1.29 is 4.92 Å². The molecule has 0 aliphatic heterocycles. The van der Waals surface area contributed by atoms with Crippen molar-refractivity contribution in [2.24, 2.45) is 0 Å². The lowest BCUT2D eigenvalue weighted by atomic mass is 10.1. The van der Waals surface area contributed by atoms with Gasteiger partial charge in [-0.15, -0.1) is 0 Å². The van der Waals surface area contributed by atoms with E-state index in [-0.39, 0.29) is 15.8 Å². The second-order valence-electron chi connectivity index (χ2n) is 4.06. The second kappa shape index (κ2) is 3.34. The third-order valence-corrected chi connectivity index (χ3v) is 2.40. The molecule has 78 valence electrons. The van der Waals surface area contributed by atoms with Gasteiger partial charge in [0.2, 0.25) is 4.60 Å². The van der Waals surface area contributed by atoms with Gasteiger partial charge in [0.25, 0.3) is 0 Å². The van der Waals surface area contributed by atoms with E-state index < -0.39 is 4.92 Å². The Morgan fingerprint density at radius 3 is 2.21 bits per heavy atom. The highest BCUT2D eigenvalue weighted by Gasteiger charge is 2.27. The van der Waals surface area contributed by atoms with E-state index in [0.717, 1.165) is 0 Å². The van der Waals surface area contributed by atoms with Gasteiger partial charge in [0, 0.05) is 0 Å². The highest BCUT2D eigenvalue weighted by molar-refractivity contribution is 9.10. The molecule has 0 fully saturated rings. The van der Waals surface area contributed by atoms with Crippen molar-refractivity contribution in [1.82, 2.24) is 9.78 Å². The molecule has 0 saturated carbocycles. The van der Waals surface area contributed by atoms with Crippen molar-refractivity contribution in [3.63, 3.8) is 0 Å². The smallest absolute Gasteiger partial charge is 0.258 e. The summed E-state index contributed by atoms with van der Waals surface area (Å²) < 4.78 is 1.94. The van der Waals surface area contributed by atoms with Crippen molar-refractivity contribution in [2.45, 2.75) is 33.2 Å². The third-order valence-electron chi connectivity index (χ3n) is 1.86. The first-order valence-electron chi connectivity index (χ1n) is 4.15. The number of hydrogen-bond donors (Lipinski definition) is 0. The van der Waals surface area contributed by atoms with Crippen LogP contribution >= 0.6 is 15.9 Å².